The summed E-state index contributed by atoms with van der Waals surface area (Å²) < 4.78 is 0. The highest BCUT2D eigenvalue weighted by molar-refractivity contribution is 5.59. The summed E-state index contributed by atoms with van der Waals surface area (Å²) in [5.41, 5.74) is 10.3. The molecule has 0 radical (unpaired) electrons. The van der Waals surface area contributed by atoms with Gasteiger partial charge in [-0.3, -0.25) is 0 Å². The van der Waals surface area contributed by atoms with Gasteiger partial charge in [0.05, 0.1) is 6.04 Å². The molecule has 2 nitrogen and oxygen atoms in total. The van der Waals surface area contributed by atoms with Crippen molar-refractivity contribution in [3.8, 4) is 0 Å². The van der Waals surface area contributed by atoms with Crippen LogP contribution in [0.4, 0.5) is 5.69 Å². The van der Waals surface area contributed by atoms with Crippen LogP contribution in [0.25, 0.3) is 0 Å². The lowest BCUT2D eigenvalue weighted by Crippen LogP contribution is -2.27. The van der Waals surface area contributed by atoms with Crippen LogP contribution in [0, 0.1) is 20.8 Å². The third-order valence-electron chi connectivity index (χ3n) is 6.40. The van der Waals surface area contributed by atoms with Gasteiger partial charge in [-0.15, -0.1) is 0 Å². The molecular weight excluding hydrogens is 304 g/mol. The first-order valence-electron chi connectivity index (χ1n) is 9.81. The van der Waals surface area contributed by atoms with Gasteiger partial charge in [-0.25, -0.2) is 0 Å². The maximum atomic E-state index is 3.86. The SMILES string of the molecule is Cc1cccc2c1C(Nc1ccc(C3CCNCC3)c(C)c1C)CC2. The Morgan fingerprint density at radius 2 is 1.72 bits per heavy atom. The summed E-state index contributed by atoms with van der Waals surface area (Å²) in [5.74, 6) is 0.725. The number of piperidine rings is 1. The molecule has 25 heavy (non-hydrogen) atoms. The largest absolute Gasteiger partial charge is 0.378 e. The molecule has 2 aliphatic rings. The quantitative estimate of drug-likeness (QED) is 0.808. The van der Waals surface area contributed by atoms with Crippen LogP contribution >= 0.6 is 0 Å². The second-order valence-electron chi connectivity index (χ2n) is 7.86. The van der Waals surface area contributed by atoms with Gasteiger partial charge in [-0.05, 0) is 105 Å². The predicted molar refractivity (Wildman–Crippen MR) is 107 cm³/mol. The molecule has 1 unspecified atom stereocenters. The summed E-state index contributed by atoms with van der Waals surface area (Å²) in [7, 11) is 0. The first-order chi connectivity index (χ1) is 12.1. The van der Waals surface area contributed by atoms with Crippen molar-refractivity contribution in [3.63, 3.8) is 0 Å². The molecule has 1 saturated heterocycles. The number of anilines is 1. The van der Waals surface area contributed by atoms with Crippen LogP contribution in [0.5, 0.6) is 0 Å². The molecule has 2 heteroatoms. The van der Waals surface area contributed by atoms with E-state index in [2.05, 4.69) is 61.7 Å². The van der Waals surface area contributed by atoms with Gasteiger partial charge in [0.1, 0.15) is 0 Å². The molecule has 2 aromatic rings. The molecule has 1 heterocycles. The predicted octanol–water partition coefficient (Wildman–Crippen LogP) is 5.18. The van der Waals surface area contributed by atoms with Crippen molar-refractivity contribution in [1.29, 1.82) is 0 Å². The minimum Gasteiger partial charge on any atom is -0.378 e. The minimum absolute atomic E-state index is 0.457. The van der Waals surface area contributed by atoms with Crippen molar-refractivity contribution in [2.45, 2.75) is 58.4 Å². The summed E-state index contributed by atoms with van der Waals surface area (Å²) in [6.07, 6.45) is 4.93. The Morgan fingerprint density at radius 3 is 2.52 bits per heavy atom. The Morgan fingerprint density at radius 1 is 0.920 bits per heavy atom. The maximum absolute atomic E-state index is 3.86. The van der Waals surface area contributed by atoms with E-state index in [-0.39, 0.29) is 0 Å². The molecule has 1 aliphatic heterocycles. The smallest absolute Gasteiger partial charge is 0.0522 e. The second kappa shape index (κ2) is 6.84. The van der Waals surface area contributed by atoms with Crippen molar-refractivity contribution in [2.24, 2.45) is 0 Å². The number of nitrogens with one attached hydrogen (secondary N) is 2. The number of fused-ring (bicyclic) bond motifs is 1. The maximum Gasteiger partial charge on any atom is 0.0522 e. The van der Waals surface area contributed by atoms with Gasteiger partial charge in [0, 0.05) is 5.69 Å². The third kappa shape index (κ3) is 3.08. The normalized spacial score (nSPS) is 20.5. The fourth-order valence-electron chi connectivity index (χ4n) is 4.81. The van der Waals surface area contributed by atoms with Crippen molar-refractivity contribution < 1.29 is 0 Å². The highest BCUT2D eigenvalue weighted by Crippen LogP contribution is 2.38. The Balaban J connectivity index is 1.59. The molecule has 1 aliphatic carbocycles. The summed E-state index contributed by atoms with van der Waals surface area (Å²) in [6.45, 7) is 9.15. The van der Waals surface area contributed by atoms with Gasteiger partial charge in [0.25, 0.3) is 0 Å². The molecule has 132 valence electrons. The van der Waals surface area contributed by atoms with E-state index in [9.17, 15) is 0 Å². The standard InChI is InChI=1S/C23H30N2/c1-15-5-4-6-19-7-9-22(23(15)19)25-21-10-8-20(16(2)17(21)3)18-11-13-24-14-12-18/h4-6,8,10,18,22,24-25H,7,9,11-14H2,1-3H3. The van der Waals surface area contributed by atoms with Gasteiger partial charge in [-0.1, -0.05) is 24.3 Å². The average Bonchev–Trinajstić information content (AvgIpc) is 3.04. The molecule has 1 atom stereocenters. The Hall–Kier alpha value is -1.80. The Bertz CT molecular complexity index is 772. The number of aryl methyl sites for hydroxylation is 2. The lowest BCUT2D eigenvalue weighted by Gasteiger charge is -2.27. The molecule has 0 spiro atoms. The highest BCUT2D eigenvalue weighted by atomic mass is 14.9. The first-order valence-corrected chi connectivity index (χ1v) is 9.81. The summed E-state index contributed by atoms with van der Waals surface area (Å²) in [6, 6.07) is 11.9. The van der Waals surface area contributed by atoms with Gasteiger partial charge < -0.3 is 10.6 Å². The summed E-state index contributed by atoms with van der Waals surface area (Å²) in [5, 5.41) is 7.35. The van der Waals surface area contributed by atoms with Crippen LogP contribution in [0.2, 0.25) is 0 Å². The fraction of sp³-hybridized carbons (Fsp3) is 0.478. The number of hydrogen-bond donors (Lipinski definition) is 2. The van der Waals surface area contributed by atoms with E-state index in [1.54, 1.807) is 5.56 Å². The zero-order chi connectivity index (χ0) is 17.4. The van der Waals surface area contributed by atoms with E-state index in [1.807, 2.05) is 0 Å². The molecule has 2 N–H and O–H groups in total. The third-order valence-corrected chi connectivity index (χ3v) is 6.40. The van der Waals surface area contributed by atoms with E-state index < -0.39 is 0 Å². The number of benzene rings is 2. The van der Waals surface area contributed by atoms with Crippen molar-refractivity contribution in [2.75, 3.05) is 18.4 Å². The van der Waals surface area contributed by atoms with Crippen LogP contribution in [0.3, 0.4) is 0 Å². The minimum atomic E-state index is 0.457. The van der Waals surface area contributed by atoms with E-state index in [0.29, 0.717) is 6.04 Å². The van der Waals surface area contributed by atoms with Crippen LogP contribution in [0.15, 0.2) is 30.3 Å². The Labute approximate surface area is 152 Å². The van der Waals surface area contributed by atoms with E-state index in [4.69, 9.17) is 0 Å². The number of rotatable bonds is 3. The van der Waals surface area contributed by atoms with E-state index >= 15 is 0 Å². The van der Waals surface area contributed by atoms with Gasteiger partial charge >= 0.3 is 0 Å². The zero-order valence-corrected chi connectivity index (χ0v) is 15.8. The van der Waals surface area contributed by atoms with Crippen LogP contribution in [-0.2, 0) is 6.42 Å². The monoisotopic (exact) mass is 334 g/mol. The highest BCUT2D eigenvalue weighted by Gasteiger charge is 2.25. The van der Waals surface area contributed by atoms with E-state index in [1.165, 1.54) is 59.2 Å². The van der Waals surface area contributed by atoms with Crippen molar-refractivity contribution in [1.82, 2.24) is 5.32 Å². The molecule has 0 aromatic heterocycles. The molecule has 0 bridgehead atoms. The fourth-order valence-corrected chi connectivity index (χ4v) is 4.81. The van der Waals surface area contributed by atoms with Crippen LogP contribution in [-0.4, -0.2) is 13.1 Å². The molecule has 1 fully saturated rings. The molecule has 0 amide bonds. The summed E-state index contributed by atoms with van der Waals surface area (Å²) in [4.78, 5) is 0. The van der Waals surface area contributed by atoms with E-state index in [0.717, 1.165) is 19.0 Å². The van der Waals surface area contributed by atoms with Crippen molar-refractivity contribution in [3.05, 3.63) is 63.7 Å². The Kier molecular flexibility index (Phi) is 4.56. The molecular formula is C23H30N2. The summed E-state index contributed by atoms with van der Waals surface area (Å²) >= 11 is 0. The topological polar surface area (TPSA) is 24.1 Å². The van der Waals surface area contributed by atoms with Crippen LogP contribution < -0.4 is 10.6 Å². The van der Waals surface area contributed by atoms with Crippen molar-refractivity contribution >= 4 is 5.69 Å². The molecule has 0 saturated carbocycles. The van der Waals surface area contributed by atoms with Crippen LogP contribution in [0.1, 0.15) is 64.6 Å². The van der Waals surface area contributed by atoms with Gasteiger partial charge in [-0.2, -0.15) is 0 Å². The average molecular weight is 335 g/mol. The molecule has 4 rings (SSSR count). The first kappa shape index (κ1) is 16.7. The number of hydrogen-bond acceptors (Lipinski definition) is 2. The van der Waals surface area contributed by atoms with Gasteiger partial charge in [0.15, 0.2) is 0 Å². The zero-order valence-electron chi connectivity index (χ0n) is 15.8. The lowest BCUT2D eigenvalue weighted by atomic mass is 9.85. The molecule has 2 aromatic carbocycles. The lowest BCUT2D eigenvalue weighted by molar-refractivity contribution is 0.459. The van der Waals surface area contributed by atoms with Gasteiger partial charge in [0.2, 0.25) is 0 Å². The second-order valence-corrected chi connectivity index (χ2v) is 7.86.